The van der Waals surface area contributed by atoms with E-state index in [1.807, 2.05) is 0 Å². The van der Waals surface area contributed by atoms with Crippen molar-refractivity contribution in [1.82, 2.24) is 15.3 Å². The van der Waals surface area contributed by atoms with Gasteiger partial charge in [-0.1, -0.05) is 0 Å². The van der Waals surface area contributed by atoms with E-state index < -0.39 is 9.84 Å². The topological polar surface area (TPSA) is 72.0 Å². The van der Waals surface area contributed by atoms with E-state index in [-0.39, 0.29) is 22.8 Å². The van der Waals surface area contributed by atoms with Crippen LogP contribution in [0.25, 0.3) is 0 Å². The quantitative estimate of drug-likeness (QED) is 0.749. The van der Waals surface area contributed by atoms with Crippen LogP contribution in [0.3, 0.4) is 0 Å². The van der Waals surface area contributed by atoms with Crippen molar-refractivity contribution in [3.63, 3.8) is 0 Å². The number of halogens is 1. The van der Waals surface area contributed by atoms with Gasteiger partial charge in [0, 0.05) is 18.9 Å². The van der Waals surface area contributed by atoms with Crippen LogP contribution in [0.1, 0.15) is 6.42 Å². The van der Waals surface area contributed by atoms with Gasteiger partial charge in [0.05, 0.1) is 5.25 Å². The SMILES string of the molecule is Cl.O=S(=O)(c1ncccn1)[C@@H]1CCNC1. The second-order valence-electron chi connectivity index (χ2n) is 3.19. The van der Waals surface area contributed by atoms with Gasteiger partial charge in [-0.3, -0.25) is 0 Å². The third-order valence-electron chi connectivity index (χ3n) is 2.25. The molecule has 1 aromatic heterocycles. The van der Waals surface area contributed by atoms with E-state index in [0.29, 0.717) is 13.0 Å². The number of nitrogens with zero attached hydrogens (tertiary/aromatic N) is 2. The first-order valence-corrected chi connectivity index (χ1v) is 5.97. The van der Waals surface area contributed by atoms with E-state index in [4.69, 9.17) is 0 Å². The van der Waals surface area contributed by atoms with Crippen molar-refractivity contribution in [3.05, 3.63) is 18.5 Å². The maximum absolute atomic E-state index is 11.9. The van der Waals surface area contributed by atoms with Crippen LogP contribution < -0.4 is 5.32 Å². The lowest BCUT2D eigenvalue weighted by molar-refractivity contribution is 0.573. The van der Waals surface area contributed by atoms with E-state index in [1.165, 1.54) is 12.4 Å². The van der Waals surface area contributed by atoms with Gasteiger partial charge in [-0.15, -0.1) is 12.4 Å². The maximum Gasteiger partial charge on any atom is 0.247 e. The van der Waals surface area contributed by atoms with Gasteiger partial charge in [-0.2, -0.15) is 0 Å². The van der Waals surface area contributed by atoms with Crippen molar-refractivity contribution >= 4 is 22.2 Å². The van der Waals surface area contributed by atoms with Crippen LogP contribution in [0.5, 0.6) is 0 Å². The molecule has 84 valence electrons. The molecule has 0 aliphatic carbocycles. The molecule has 0 amide bonds. The van der Waals surface area contributed by atoms with Gasteiger partial charge in [0.1, 0.15) is 0 Å². The highest BCUT2D eigenvalue weighted by Crippen LogP contribution is 2.15. The monoisotopic (exact) mass is 249 g/mol. The summed E-state index contributed by atoms with van der Waals surface area (Å²) in [6.45, 7) is 1.25. The van der Waals surface area contributed by atoms with E-state index in [1.54, 1.807) is 6.07 Å². The third kappa shape index (κ3) is 2.45. The summed E-state index contributed by atoms with van der Waals surface area (Å²) in [5.74, 6) is 0. The molecule has 1 aliphatic rings. The molecule has 0 spiro atoms. The number of nitrogens with one attached hydrogen (secondary N) is 1. The first-order valence-electron chi connectivity index (χ1n) is 4.43. The Morgan fingerprint density at radius 3 is 2.53 bits per heavy atom. The Hall–Kier alpha value is -0.720. The van der Waals surface area contributed by atoms with E-state index >= 15 is 0 Å². The minimum Gasteiger partial charge on any atom is -0.315 e. The molecule has 15 heavy (non-hydrogen) atoms. The van der Waals surface area contributed by atoms with Gasteiger partial charge < -0.3 is 5.32 Å². The van der Waals surface area contributed by atoms with Crippen LogP contribution in [-0.4, -0.2) is 36.7 Å². The molecule has 1 N–H and O–H groups in total. The van der Waals surface area contributed by atoms with Crippen LogP contribution in [0.2, 0.25) is 0 Å². The molecule has 0 bridgehead atoms. The Kier molecular flexibility index (Phi) is 4.01. The molecule has 0 radical (unpaired) electrons. The number of sulfone groups is 1. The van der Waals surface area contributed by atoms with Gasteiger partial charge in [-0.25, -0.2) is 18.4 Å². The van der Waals surface area contributed by atoms with Gasteiger partial charge >= 0.3 is 0 Å². The number of aromatic nitrogens is 2. The first kappa shape index (κ1) is 12.4. The Balaban J connectivity index is 0.00000112. The summed E-state index contributed by atoms with van der Waals surface area (Å²) in [7, 11) is -3.32. The highest BCUT2D eigenvalue weighted by atomic mass is 35.5. The van der Waals surface area contributed by atoms with Crippen molar-refractivity contribution in [2.75, 3.05) is 13.1 Å². The standard InChI is InChI=1S/C8H11N3O2S.ClH/c12-14(13,7-2-5-9-6-7)8-10-3-1-4-11-8;/h1,3-4,7,9H,2,5-6H2;1H/t7-;/m1./s1. The minimum absolute atomic E-state index is 0. The Labute approximate surface area is 94.7 Å². The second kappa shape index (κ2) is 4.87. The average molecular weight is 250 g/mol. The lowest BCUT2D eigenvalue weighted by Crippen LogP contribution is -2.25. The predicted molar refractivity (Wildman–Crippen MR) is 57.7 cm³/mol. The molecular weight excluding hydrogens is 238 g/mol. The molecule has 2 heterocycles. The molecule has 7 heteroatoms. The summed E-state index contributed by atoms with van der Waals surface area (Å²) in [5.41, 5.74) is 0. The van der Waals surface area contributed by atoms with E-state index in [0.717, 1.165) is 6.54 Å². The Bertz CT molecular complexity index is 403. The average Bonchev–Trinajstić information content (AvgIpc) is 2.72. The summed E-state index contributed by atoms with van der Waals surface area (Å²) >= 11 is 0. The summed E-state index contributed by atoms with van der Waals surface area (Å²) in [6, 6.07) is 1.60. The van der Waals surface area contributed by atoms with E-state index in [9.17, 15) is 8.42 Å². The summed E-state index contributed by atoms with van der Waals surface area (Å²) in [5, 5.41) is 2.58. The third-order valence-corrected chi connectivity index (χ3v) is 4.25. The normalized spacial score (nSPS) is 20.9. The maximum atomic E-state index is 11.9. The zero-order valence-electron chi connectivity index (χ0n) is 7.96. The lowest BCUT2D eigenvalue weighted by atomic mass is 10.4. The highest BCUT2D eigenvalue weighted by Gasteiger charge is 2.32. The largest absolute Gasteiger partial charge is 0.315 e. The number of hydrogen-bond acceptors (Lipinski definition) is 5. The van der Waals surface area contributed by atoms with Crippen molar-refractivity contribution in [2.45, 2.75) is 16.8 Å². The van der Waals surface area contributed by atoms with Gasteiger partial charge in [0.15, 0.2) is 0 Å². The van der Waals surface area contributed by atoms with Crippen LogP contribution in [-0.2, 0) is 9.84 Å². The van der Waals surface area contributed by atoms with Gasteiger partial charge in [0.25, 0.3) is 0 Å². The zero-order valence-corrected chi connectivity index (χ0v) is 9.59. The smallest absolute Gasteiger partial charge is 0.247 e. The number of rotatable bonds is 2. The van der Waals surface area contributed by atoms with Gasteiger partial charge in [0.2, 0.25) is 15.0 Å². The molecule has 1 atom stereocenters. The van der Waals surface area contributed by atoms with Crippen LogP contribution in [0, 0.1) is 0 Å². The van der Waals surface area contributed by atoms with Crippen LogP contribution >= 0.6 is 12.4 Å². The molecule has 0 aromatic carbocycles. The van der Waals surface area contributed by atoms with Crippen molar-refractivity contribution in [1.29, 1.82) is 0 Å². The highest BCUT2D eigenvalue weighted by molar-refractivity contribution is 7.91. The first-order chi connectivity index (χ1) is 6.71. The molecule has 1 aliphatic heterocycles. The molecule has 0 saturated carbocycles. The molecule has 2 rings (SSSR count). The Morgan fingerprint density at radius 1 is 1.33 bits per heavy atom. The van der Waals surface area contributed by atoms with Crippen molar-refractivity contribution in [3.8, 4) is 0 Å². The molecule has 1 fully saturated rings. The summed E-state index contributed by atoms with van der Waals surface area (Å²) in [4.78, 5) is 7.54. The fraction of sp³-hybridized carbons (Fsp3) is 0.500. The number of hydrogen-bond donors (Lipinski definition) is 1. The minimum atomic E-state index is -3.32. The molecule has 1 saturated heterocycles. The summed E-state index contributed by atoms with van der Waals surface area (Å²) in [6.07, 6.45) is 3.53. The molecular formula is C8H12ClN3O2S. The van der Waals surface area contributed by atoms with Crippen LogP contribution in [0.4, 0.5) is 0 Å². The summed E-state index contributed by atoms with van der Waals surface area (Å²) < 4.78 is 23.7. The fourth-order valence-corrected chi connectivity index (χ4v) is 2.95. The molecule has 5 nitrogen and oxygen atoms in total. The fourth-order valence-electron chi connectivity index (χ4n) is 1.47. The zero-order chi connectivity index (χ0) is 10.0. The van der Waals surface area contributed by atoms with E-state index in [2.05, 4.69) is 15.3 Å². The Morgan fingerprint density at radius 2 is 2.00 bits per heavy atom. The molecule has 1 aromatic rings. The molecule has 0 unspecified atom stereocenters. The second-order valence-corrected chi connectivity index (χ2v) is 5.31. The van der Waals surface area contributed by atoms with Crippen molar-refractivity contribution < 1.29 is 8.42 Å². The van der Waals surface area contributed by atoms with Crippen LogP contribution in [0.15, 0.2) is 23.6 Å². The van der Waals surface area contributed by atoms with Crippen molar-refractivity contribution in [2.24, 2.45) is 0 Å². The van der Waals surface area contributed by atoms with Gasteiger partial charge in [-0.05, 0) is 19.0 Å². The lowest BCUT2D eigenvalue weighted by Gasteiger charge is -2.07. The predicted octanol–water partition coefficient (Wildman–Crippen LogP) is 0.0340.